The Labute approximate surface area is 158 Å². The van der Waals surface area contributed by atoms with E-state index in [9.17, 15) is 13.2 Å². The van der Waals surface area contributed by atoms with Crippen LogP contribution in [0.2, 0.25) is 0 Å². The highest BCUT2D eigenvalue weighted by molar-refractivity contribution is 7.89. The first-order chi connectivity index (χ1) is 13.0. The summed E-state index contributed by atoms with van der Waals surface area (Å²) >= 11 is 0. The van der Waals surface area contributed by atoms with Crippen molar-refractivity contribution in [2.24, 2.45) is 0 Å². The van der Waals surface area contributed by atoms with E-state index in [4.69, 9.17) is 0 Å². The van der Waals surface area contributed by atoms with Crippen LogP contribution in [0.25, 0.3) is 5.69 Å². The molecule has 0 aliphatic carbocycles. The first kappa shape index (κ1) is 18.8. The van der Waals surface area contributed by atoms with Crippen molar-refractivity contribution in [3.05, 3.63) is 78.1 Å². The number of aryl methyl sites for hydroxylation is 1. The van der Waals surface area contributed by atoms with E-state index in [-0.39, 0.29) is 23.9 Å². The van der Waals surface area contributed by atoms with Gasteiger partial charge in [-0.1, -0.05) is 35.9 Å². The zero-order valence-corrected chi connectivity index (χ0v) is 15.6. The van der Waals surface area contributed by atoms with Crippen LogP contribution < -0.4 is 10.0 Å². The van der Waals surface area contributed by atoms with Gasteiger partial charge in [0.05, 0.1) is 22.3 Å². The normalized spacial score (nSPS) is 11.3. The number of nitrogens with zero attached hydrogens (tertiary/aromatic N) is 2. The topological polar surface area (TPSA) is 93.1 Å². The second-order valence-corrected chi connectivity index (χ2v) is 7.74. The predicted octanol–water partition coefficient (Wildman–Crippen LogP) is 1.89. The van der Waals surface area contributed by atoms with Crippen molar-refractivity contribution in [2.45, 2.75) is 11.8 Å². The summed E-state index contributed by atoms with van der Waals surface area (Å²) in [4.78, 5) is 12.4. The van der Waals surface area contributed by atoms with Gasteiger partial charge in [0.1, 0.15) is 0 Å². The molecule has 1 heterocycles. The highest BCUT2D eigenvalue weighted by Crippen LogP contribution is 2.09. The number of benzene rings is 2. The SMILES string of the molecule is Cc1ccc(S(=O)(=O)NCCNC(=O)c2cnn(-c3ccccc3)c2)cc1. The summed E-state index contributed by atoms with van der Waals surface area (Å²) in [5.41, 5.74) is 2.24. The van der Waals surface area contributed by atoms with Gasteiger partial charge in [0.2, 0.25) is 10.0 Å². The van der Waals surface area contributed by atoms with E-state index in [1.165, 1.54) is 6.20 Å². The highest BCUT2D eigenvalue weighted by atomic mass is 32.2. The number of hydrogen-bond acceptors (Lipinski definition) is 4. The van der Waals surface area contributed by atoms with E-state index >= 15 is 0 Å². The van der Waals surface area contributed by atoms with E-state index in [0.29, 0.717) is 5.56 Å². The Kier molecular flexibility index (Phi) is 5.68. The molecule has 1 aromatic heterocycles. The van der Waals surface area contributed by atoms with Crippen LogP contribution in [0.4, 0.5) is 0 Å². The number of carbonyl (C=O) groups excluding carboxylic acids is 1. The number of hydrogen-bond donors (Lipinski definition) is 2. The zero-order chi connectivity index (χ0) is 19.3. The lowest BCUT2D eigenvalue weighted by Crippen LogP contribution is -2.34. The van der Waals surface area contributed by atoms with Crippen molar-refractivity contribution in [2.75, 3.05) is 13.1 Å². The number of nitrogens with one attached hydrogen (secondary N) is 2. The van der Waals surface area contributed by atoms with E-state index in [1.54, 1.807) is 35.1 Å². The summed E-state index contributed by atoms with van der Waals surface area (Å²) in [6, 6.07) is 16.0. The van der Waals surface area contributed by atoms with Crippen LogP contribution in [0.1, 0.15) is 15.9 Å². The molecule has 0 aliphatic heterocycles. The van der Waals surface area contributed by atoms with Gasteiger partial charge in [-0.15, -0.1) is 0 Å². The fourth-order valence-corrected chi connectivity index (χ4v) is 3.46. The molecule has 2 N–H and O–H groups in total. The van der Waals surface area contributed by atoms with Crippen LogP contribution in [0.3, 0.4) is 0 Å². The molecule has 0 atom stereocenters. The molecule has 0 saturated carbocycles. The van der Waals surface area contributed by atoms with Crippen LogP contribution in [-0.4, -0.2) is 37.2 Å². The van der Waals surface area contributed by atoms with Gasteiger partial charge < -0.3 is 5.32 Å². The predicted molar refractivity (Wildman–Crippen MR) is 102 cm³/mol. The maximum atomic E-state index is 12.2. The lowest BCUT2D eigenvalue weighted by molar-refractivity contribution is 0.0954. The van der Waals surface area contributed by atoms with Gasteiger partial charge in [-0.25, -0.2) is 17.8 Å². The van der Waals surface area contributed by atoms with Crippen LogP contribution >= 0.6 is 0 Å². The van der Waals surface area contributed by atoms with Crippen LogP contribution in [0.15, 0.2) is 71.9 Å². The Bertz CT molecular complexity index is 1010. The van der Waals surface area contributed by atoms with E-state index in [1.807, 2.05) is 37.3 Å². The number of carbonyl (C=O) groups is 1. The Hall–Kier alpha value is -2.97. The van der Waals surface area contributed by atoms with Gasteiger partial charge in [0.25, 0.3) is 5.91 Å². The van der Waals surface area contributed by atoms with Crippen LogP contribution in [-0.2, 0) is 10.0 Å². The summed E-state index contributed by atoms with van der Waals surface area (Å²) < 4.78 is 28.4. The Morgan fingerprint density at radius 3 is 2.44 bits per heavy atom. The molecule has 0 radical (unpaired) electrons. The summed E-state index contributed by atoms with van der Waals surface area (Å²) in [6.07, 6.45) is 3.10. The number of aromatic nitrogens is 2. The van der Waals surface area contributed by atoms with Crippen molar-refractivity contribution >= 4 is 15.9 Å². The lowest BCUT2D eigenvalue weighted by Gasteiger charge is -2.08. The molecule has 8 heteroatoms. The first-order valence-corrected chi connectivity index (χ1v) is 9.89. The minimum absolute atomic E-state index is 0.0920. The monoisotopic (exact) mass is 384 g/mol. The molecular weight excluding hydrogens is 364 g/mol. The number of amides is 1. The van der Waals surface area contributed by atoms with Gasteiger partial charge >= 0.3 is 0 Å². The molecule has 27 heavy (non-hydrogen) atoms. The fourth-order valence-electron chi connectivity index (χ4n) is 2.43. The molecule has 2 aromatic carbocycles. The van der Waals surface area contributed by atoms with Crippen LogP contribution in [0, 0.1) is 6.92 Å². The van der Waals surface area contributed by atoms with Crippen molar-refractivity contribution in [1.29, 1.82) is 0 Å². The maximum absolute atomic E-state index is 12.2. The van der Waals surface area contributed by atoms with E-state index in [2.05, 4.69) is 15.1 Å². The zero-order valence-electron chi connectivity index (χ0n) is 14.8. The average Bonchev–Trinajstić information content (AvgIpc) is 3.16. The van der Waals surface area contributed by atoms with Gasteiger partial charge in [0, 0.05) is 19.3 Å². The third-order valence-corrected chi connectivity index (χ3v) is 5.38. The molecule has 0 saturated heterocycles. The van der Waals surface area contributed by atoms with Gasteiger partial charge in [-0.05, 0) is 31.2 Å². The van der Waals surface area contributed by atoms with Crippen molar-refractivity contribution in [1.82, 2.24) is 19.8 Å². The van der Waals surface area contributed by atoms with Crippen molar-refractivity contribution in [3.63, 3.8) is 0 Å². The molecule has 0 unspecified atom stereocenters. The Morgan fingerprint density at radius 1 is 1.04 bits per heavy atom. The molecule has 7 nitrogen and oxygen atoms in total. The second kappa shape index (κ2) is 8.15. The third-order valence-electron chi connectivity index (χ3n) is 3.90. The fraction of sp³-hybridized carbons (Fsp3) is 0.158. The van der Waals surface area contributed by atoms with Crippen molar-refractivity contribution in [3.8, 4) is 5.69 Å². The van der Waals surface area contributed by atoms with E-state index in [0.717, 1.165) is 11.3 Å². The molecule has 140 valence electrons. The minimum Gasteiger partial charge on any atom is -0.351 e. The molecule has 0 fully saturated rings. The number of rotatable bonds is 7. The maximum Gasteiger partial charge on any atom is 0.254 e. The molecular formula is C19H20N4O3S. The standard InChI is InChI=1S/C19H20N4O3S/c1-15-7-9-18(10-8-15)27(25,26)22-12-11-20-19(24)16-13-21-23(14-16)17-5-3-2-4-6-17/h2-10,13-14,22H,11-12H2,1H3,(H,20,24). The highest BCUT2D eigenvalue weighted by Gasteiger charge is 2.13. The van der Waals surface area contributed by atoms with Gasteiger partial charge in [-0.3, -0.25) is 4.79 Å². The lowest BCUT2D eigenvalue weighted by atomic mass is 10.2. The molecule has 0 bridgehead atoms. The largest absolute Gasteiger partial charge is 0.351 e. The first-order valence-electron chi connectivity index (χ1n) is 8.40. The Morgan fingerprint density at radius 2 is 1.74 bits per heavy atom. The van der Waals surface area contributed by atoms with Crippen LogP contribution in [0.5, 0.6) is 0 Å². The summed E-state index contributed by atoms with van der Waals surface area (Å²) in [7, 11) is -3.59. The molecule has 1 amide bonds. The molecule has 0 spiro atoms. The minimum atomic E-state index is -3.59. The molecule has 3 rings (SSSR count). The molecule has 3 aromatic rings. The second-order valence-electron chi connectivity index (χ2n) is 5.98. The molecule has 0 aliphatic rings. The quantitative estimate of drug-likeness (QED) is 0.609. The number of sulfonamides is 1. The summed E-state index contributed by atoms with van der Waals surface area (Å²) in [5.74, 6) is -0.313. The summed E-state index contributed by atoms with van der Waals surface area (Å²) in [5, 5.41) is 6.84. The average molecular weight is 384 g/mol. The Balaban J connectivity index is 1.51. The van der Waals surface area contributed by atoms with Gasteiger partial charge in [0.15, 0.2) is 0 Å². The van der Waals surface area contributed by atoms with E-state index < -0.39 is 10.0 Å². The summed E-state index contributed by atoms with van der Waals surface area (Å²) in [6.45, 7) is 2.15. The third kappa shape index (κ3) is 4.81. The number of para-hydroxylation sites is 1. The smallest absolute Gasteiger partial charge is 0.254 e. The van der Waals surface area contributed by atoms with Gasteiger partial charge in [-0.2, -0.15) is 5.10 Å². The van der Waals surface area contributed by atoms with Crippen molar-refractivity contribution < 1.29 is 13.2 Å².